The molecule has 3 aromatic carbocycles. The highest BCUT2D eigenvalue weighted by Crippen LogP contribution is 2.34. The van der Waals surface area contributed by atoms with Gasteiger partial charge in [-0.15, -0.1) is 0 Å². The molecule has 0 radical (unpaired) electrons. The van der Waals surface area contributed by atoms with Gasteiger partial charge in [0, 0.05) is 11.4 Å². The van der Waals surface area contributed by atoms with Crippen LogP contribution in [0.4, 0.5) is 15.9 Å². The molecular formula is C24H20ClFN4O3S2. The van der Waals surface area contributed by atoms with Gasteiger partial charge < -0.3 is 5.32 Å². The van der Waals surface area contributed by atoms with Crippen LogP contribution in [-0.2, 0) is 17.7 Å². The first kappa shape index (κ1) is 24.9. The second-order valence-corrected chi connectivity index (χ2v) is 9.42. The number of carbonyl (C=O) groups is 1. The first-order valence-corrected chi connectivity index (χ1v) is 12.6. The number of hydrogen-bond acceptors (Lipinski definition) is 5. The van der Waals surface area contributed by atoms with Crippen LogP contribution >= 0.6 is 23.3 Å². The summed E-state index contributed by atoms with van der Waals surface area (Å²) in [6.45, 7) is 1.75. The third-order valence-electron chi connectivity index (χ3n) is 5.24. The van der Waals surface area contributed by atoms with Crippen molar-refractivity contribution in [3.63, 3.8) is 0 Å². The fraction of sp³-hybridized carbons (Fsp3) is 0.125. The number of anilines is 2. The van der Waals surface area contributed by atoms with E-state index in [0.29, 0.717) is 17.7 Å². The van der Waals surface area contributed by atoms with Crippen molar-refractivity contribution in [2.45, 2.75) is 19.4 Å². The molecule has 0 fully saturated rings. The molecule has 0 saturated heterocycles. The summed E-state index contributed by atoms with van der Waals surface area (Å²) in [5.41, 5.74) is 2.34. The minimum atomic E-state index is -2.58. The monoisotopic (exact) mass is 530 g/mol. The second-order valence-electron chi connectivity index (χ2n) is 7.63. The number of carbonyl (C=O) groups excluding carboxylic acids is 1. The number of nitrogens with zero attached hydrogens (tertiary/aromatic N) is 3. The topological polar surface area (TPSA) is 95.4 Å². The fourth-order valence-electron chi connectivity index (χ4n) is 3.50. The van der Waals surface area contributed by atoms with Crippen LogP contribution in [0.5, 0.6) is 0 Å². The maximum Gasteiger partial charge on any atom is 0.268 e. The lowest BCUT2D eigenvalue weighted by Crippen LogP contribution is -2.30. The predicted octanol–water partition coefficient (Wildman–Crippen LogP) is 5.69. The molecule has 4 rings (SSSR count). The smallest absolute Gasteiger partial charge is 0.268 e. The Morgan fingerprint density at radius 1 is 1.14 bits per heavy atom. The number of amides is 1. The zero-order chi connectivity index (χ0) is 24.9. The lowest BCUT2D eigenvalue weighted by Gasteiger charge is -2.22. The van der Waals surface area contributed by atoms with Crippen molar-refractivity contribution >= 4 is 52.0 Å². The Balaban J connectivity index is 1.69. The van der Waals surface area contributed by atoms with Crippen LogP contribution in [0.15, 0.2) is 72.8 Å². The van der Waals surface area contributed by atoms with Crippen LogP contribution in [0.2, 0.25) is 5.02 Å². The van der Waals surface area contributed by atoms with Gasteiger partial charge in [-0.2, -0.15) is 8.75 Å². The van der Waals surface area contributed by atoms with E-state index in [4.69, 9.17) is 11.6 Å². The molecule has 0 spiro atoms. The van der Waals surface area contributed by atoms with Crippen molar-refractivity contribution in [2.75, 3.05) is 4.31 Å². The van der Waals surface area contributed by atoms with Crippen molar-refractivity contribution < 1.29 is 17.9 Å². The average molecular weight is 531 g/mol. The first-order valence-electron chi connectivity index (χ1n) is 10.5. The molecule has 2 unspecified atom stereocenters. The Hall–Kier alpha value is -3.18. The van der Waals surface area contributed by atoms with E-state index in [0.717, 1.165) is 21.6 Å². The van der Waals surface area contributed by atoms with Gasteiger partial charge in [-0.25, -0.2) is 12.9 Å². The molecule has 1 aromatic heterocycles. The molecule has 0 aliphatic heterocycles. The molecule has 0 bridgehead atoms. The number of hydrogen-bond donors (Lipinski definition) is 2. The van der Waals surface area contributed by atoms with E-state index in [1.54, 1.807) is 19.1 Å². The summed E-state index contributed by atoms with van der Waals surface area (Å²) in [5.74, 6) is -0.726. The average Bonchev–Trinajstić information content (AvgIpc) is 3.27. The fourth-order valence-corrected chi connectivity index (χ4v) is 4.88. The van der Waals surface area contributed by atoms with Gasteiger partial charge in [-0.1, -0.05) is 54.1 Å². The van der Waals surface area contributed by atoms with Gasteiger partial charge in [0.25, 0.3) is 17.2 Å². The lowest BCUT2D eigenvalue weighted by molar-refractivity contribution is 0.0940. The number of benzene rings is 3. The standard InChI is InChI=1S/C24H20ClFN4O3S2/c1-15(17-7-10-19(26)11-8-17)27-24(31)20-12-9-18(25)14-22(20)30(35(32)33)23-21(28-34-29-23)13-16-5-3-2-4-6-16/h2-12,14-15H,13H2,1H3,(H,27,31)(H,32,33). The number of nitrogens with one attached hydrogen (secondary N) is 1. The molecule has 1 amide bonds. The Morgan fingerprint density at radius 3 is 2.54 bits per heavy atom. The first-order chi connectivity index (χ1) is 16.8. The van der Waals surface area contributed by atoms with Gasteiger partial charge >= 0.3 is 0 Å². The van der Waals surface area contributed by atoms with E-state index in [1.165, 1.54) is 30.3 Å². The zero-order valence-electron chi connectivity index (χ0n) is 18.4. The summed E-state index contributed by atoms with van der Waals surface area (Å²) in [7, 11) is 0. The van der Waals surface area contributed by atoms with Crippen molar-refractivity contribution in [3.05, 3.63) is 106 Å². The van der Waals surface area contributed by atoms with Gasteiger partial charge in [0.1, 0.15) is 11.5 Å². The summed E-state index contributed by atoms with van der Waals surface area (Å²) >= 11 is 4.53. The van der Waals surface area contributed by atoms with Gasteiger partial charge in [0.2, 0.25) is 0 Å². The number of rotatable bonds is 8. The van der Waals surface area contributed by atoms with E-state index in [9.17, 15) is 17.9 Å². The molecule has 2 atom stereocenters. The van der Waals surface area contributed by atoms with Crippen LogP contribution in [0.1, 0.15) is 40.1 Å². The van der Waals surface area contributed by atoms with Crippen LogP contribution in [0, 0.1) is 5.82 Å². The van der Waals surface area contributed by atoms with Crippen molar-refractivity contribution in [3.8, 4) is 0 Å². The van der Waals surface area contributed by atoms with Crippen LogP contribution < -0.4 is 9.62 Å². The highest BCUT2D eigenvalue weighted by Gasteiger charge is 2.28. The minimum absolute atomic E-state index is 0.101. The lowest BCUT2D eigenvalue weighted by atomic mass is 10.1. The number of aromatic nitrogens is 2. The van der Waals surface area contributed by atoms with Gasteiger partial charge in [-0.05, 0) is 48.4 Å². The summed E-state index contributed by atoms with van der Waals surface area (Å²) < 4.78 is 45.6. The minimum Gasteiger partial charge on any atom is -0.345 e. The molecule has 0 aliphatic rings. The third-order valence-corrected chi connectivity index (χ3v) is 6.71. The zero-order valence-corrected chi connectivity index (χ0v) is 20.8. The SMILES string of the molecule is CC(NC(=O)c1ccc(Cl)cc1N(c1nsnc1Cc1ccccc1)S(=O)O)c1ccc(F)cc1. The molecule has 7 nitrogen and oxygen atoms in total. The van der Waals surface area contributed by atoms with Crippen molar-refractivity contribution in [1.29, 1.82) is 0 Å². The summed E-state index contributed by atoms with van der Waals surface area (Å²) in [6, 6.07) is 19.2. The maximum absolute atomic E-state index is 13.3. The molecule has 1 heterocycles. The highest BCUT2D eigenvalue weighted by atomic mass is 35.5. The van der Waals surface area contributed by atoms with Crippen LogP contribution in [0.3, 0.4) is 0 Å². The quantitative estimate of drug-likeness (QED) is 0.285. The summed E-state index contributed by atoms with van der Waals surface area (Å²) in [5, 5.41) is 3.11. The Labute approximate surface area is 213 Å². The van der Waals surface area contributed by atoms with Crippen LogP contribution in [0.25, 0.3) is 0 Å². The molecule has 35 heavy (non-hydrogen) atoms. The molecule has 11 heteroatoms. The summed E-state index contributed by atoms with van der Waals surface area (Å²) in [6.07, 6.45) is 0.379. The maximum atomic E-state index is 13.3. The van der Waals surface area contributed by atoms with Crippen molar-refractivity contribution in [1.82, 2.24) is 14.1 Å². The Kier molecular flexibility index (Phi) is 7.86. The third kappa shape index (κ3) is 5.91. The van der Waals surface area contributed by atoms with Gasteiger partial charge in [0.15, 0.2) is 5.82 Å². The largest absolute Gasteiger partial charge is 0.345 e. The Bertz CT molecular complexity index is 1350. The van der Waals surface area contributed by atoms with E-state index in [-0.39, 0.29) is 27.9 Å². The van der Waals surface area contributed by atoms with Gasteiger partial charge in [0.05, 0.1) is 29.0 Å². The number of halogens is 2. The van der Waals surface area contributed by atoms with Crippen molar-refractivity contribution in [2.24, 2.45) is 0 Å². The Morgan fingerprint density at radius 2 is 1.86 bits per heavy atom. The molecule has 2 N–H and O–H groups in total. The van der Waals surface area contributed by atoms with E-state index in [1.807, 2.05) is 30.3 Å². The molecule has 180 valence electrons. The van der Waals surface area contributed by atoms with E-state index >= 15 is 0 Å². The predicted molar refractivity (Wildman–Crippen MR) is 136 cm³/mol. The van der Waals surface area contributed by atoms with E-state index in [2.05, 4.69) is 14.1 Å². The van der Waals surface area contributed by atoms with Gasteiger partial charge in [-0.3, -0.25) is 9.35 Å². The van der Waals surface area contributed by atoms with Crippen LogP contribution in [-0.4, -0.2) is 23.4 Å². The molecule has 4 aromatic rings. The molecular weight excluding hydrogens is 511 g/mol. The normalized spacial score (nSPS) is 12.7. The summed E-state index contributed by atoms with van der Waals surface area (Å²) in [4.78, 5) is 13.2. The second kappa shape index (κ2) is 11.0. The van der Waals surface area contributed by atoms with E-state index < -0.39 is 23.2 Å². The molecule has 0 saturated carbocycles. The highest BCUT2D eigenvalue weighted by molar-refractivity contribution is 7.81. The molecule has 0 aliphatic carbocycles.